The van der Waals surface area contributed by atoms with Crippen LogP contribution in [0.1, 0.15) is 11.1 Å². The van der Waals surface area contributed by atoms with E-state index in [0.29, 0.717) is 12.4 Å². The average molecular weight is 228 g/mol. The van der Waals surface area contributed by atoms with E-state index in [9.17, 15) is 9.90 Å². The lowest BCUT2D eigenvalue weighted by atomic mass is 9.77. The first kappa shape index (κ1) is 10.1. The van der Waals surface area contributed by atoms with Crippen LogP contribution in [0.5, 0.6) is 11.5 Å². The third kappa shape index (κ3) is 1.32. The van der Waals surface area contributed by atoms with E-state index < -0.39 is 5.41 Å². The number of fused-ring (bicyclic) bond motifs is 2. The molecule has 0 atom stereocenters. The molecule has 0 amide bonds. The van der Waals surface area contributed by atoms with Gasteiger partial charge in [0.1, 0.15) is 6.61 Å². The van der Waals surface area contributed by atoms with Crippen molar-refractivity contribution >= 4 is 5.78 Å². The maximum absolute atomic E-state index is 11.2. The summed E-state index contributed by atoms with van der Waals surface area (Å²) in [6.45, 7) is 2.41. The molecule has 0 aromatic heterocycles. The van der Waals surface area contributed by atoms with Gasteiger partial charge in [-0.05, 0) is 30.7 Å². The highest BCUT2D eigenvalue weighted by atomic mass is 16.5. The van der Waals surface area contributed by atoms with Crippen LogP contribution in [-0.4, -0.2) is 17.5 Å². The van der Waals surface area contributed by atoms with Crippen molar-refractivity contribution in [2.24, 2.45) is 0 Å². The number of benzene rings is 1. The highest BCUT2D eigenvalue weighted by molar-refractivity contribution is 6.01. The monoisotopic (exact) mass is 228 g/mol. The molecule has 1 N–H and O–H groups in total. The van der Waals surface area contributed by atoms with E-state index in [2.05, 4.69) is 0 Å². The molecule has 0 saturated heterocycles. The molecule has 0 bridgehead atoms. The van der Waals surface area contributed by atoms with E-state index >= 15 is 0 Å². The van der Waals surface area contributed by atoms with Crippen molar-refractivity contribution < 1.29 is 14.6 Å². The largest absolute Gasteiger partial charge is 0.504 e. The predicted molar refractivity (Wildman–Crippen MR) is 63.3 cm³/mol. The first-order valence-electron chi connectivity index (χ1n) is 5.51. The molecule has 2 aliphatic rings. The number of carbonyl (C=O) groups is 1. The molecule has 3 rings (SSSR count). The number of allylic oxidation sites excluding steroid dienone is 2. The summed E-state index contributed by atoms with van der Waals surface area (Å²) in [5.74, 6) is 0.678. The van der Waals surface area contributed by atoms with Crippen LogP contribution in [-0.2, 0) is 10.2 Å². The van der Waals surface area contributed by atoms with Gasteiger partial charge in [0.25, 0.3) is 0 Å². The summed E-state index contributed by atoms with van der Waals surface area (Å²) in [6, 6.07) is 3.50. The molecule has 86 valence electrons. The van der Waals surface area contributed by atoms with Crippen LogP contribution in [0.15, 0.2) is 36.4 Å². The summed E-state index contributed by atoms with van der Waals surface area (Å²) in [6.07, 6.45) is 6.82. The SMILES string of the molecule is Cc1ccc(O)c2c1C1(C=CC(=O)C=C1)CO2. The van der Waals surface area contributed by atoms with E-state index in [1.165, 1.54) is 0 Å². The standard InChI is InChI=1S/C14H12O3/c1-9-2-3-11(16)13-12(9)14(8-17-13)6-4-10(15)5-7-14/h2-7,16H,8H2,1H3. The molecule has 3 heteroatoms. The number of ether oxygens (including phenoxy) is 1. The van der Waals surface area contributed by atoms with Crippen molar-refractivity contribution in [3.8, 4) is 11.5 Å². The maximum Gasteiger partial charge on any atom is 0.178 e. The van der Waals surface area contributed by atoms with E-state index in [1.54, 1.807) is 18.2 Å². The Morgan fingerprint density at radius 3 is 2.71 bits per heavy atom. The quantitative estimate of drug-likeness (QED) is 0.739. The molecule has 1 heterocycles. The van der Waals surface area contributed by atoms with Crippen LogP contribution in [0, 0.1) is 6.92 Å². The van der Waals surface area contributed by atoms with Crippen molar-refractivity contribution in [1.29, 1.82) is 0 Å². The first-order valence-corrected chi connectivity index (χ1v) is 5.51. The highest BCUT2D eigenvalue weighted by Gasteiger charge is 2.40. The summed E-state index contributed by atoms with van der Waals surface area (Å²) >= 11 is 0. The zero-order chi connectivity index (χ0) is 12.0. The third-order valence-electron chi connectivity index (χ3n) is 3.36. The molecule has 0 fully saturated rings. The Morgan fingerprint density at radius 2 is 2.00 bits per heavy atom. The number of phenolic OH excluding ortho intramolecular Hbond substituents is 1. The van der Waals surface area contributed by atoms with Gasteiger partial charge in [-0.25, -0.2) is 0 Å². The van der Waals surface area contributed by atoms with Gasteiger partial charge in [0.15, 0.2) is 17.3 Å². The number of aryl methyl sites for hydroxylation is 1. The minimum absolute atomic E-state index is 0.0121. The van der Waals surface area contributed by atoms with E-state index in [0.717, 1.165) is 11.1 Å². The molecule has 0 unspecified atom stereocenters. The number of rotatable bonds is 0. The molecule has 1 spiro atoms. The van der Waals surface area contributed by atoms with Gasteiger partial charge in [0.2, 0.25) is 0 Å². The molecule has 17 heavy (non-hydrogen) atoms. The van der Waals surface area contributed by atoms with Gasteiger partial charge >= 0.3 is 0 Å². The maximum atomic E-state index is 11.2. The predicted octanol–water partition coefficient (Wildman–Crippen LogP) is 2.03. The lowest BCUT2D eigenvalue weighted by molar-refractivity contribution is -0.110. The van der Waals surface area contributed by atoms with Gasteiger partial charge in [-0.3, -0.25) is 4.79 Å². The Labute approximate surface area is 99.0 Å². The van der Waals surface area contributed by atoms with Crippen LogP contribution >= 0.6 is 0 Å². The second-order valence-electron chi connectivity index (χ2n) is 4.50. The normalized spacial score (nSPS) is 19.5. The van der Waals surface area contributed by atoms with Crippen LogP contribution in [0.4, 0.5) is 0 Å². The summed E-state index contributed by atoms with van der Waals surface area (Å²) < 4.78 is 5.57. The summed E-state index contributed by atoms with van der Waals surface area (Å²) in [4.78, 5) is 11.2. The topological polar surface area (TPSA) is 46.5 Å². The van der Waals surface area contributed by atoms with Crippen LogP contribution < -0.4 is 4.74 Å². The van der Waals surface area contributed by atoms with Crippen molar-refractivity contribution in [2.75, 3.05) is 6.61 Å². The second-order valence-corrected chi connectivity index (χ2v) is 4.50. The number of hydrogen-bond donors (Lipinski definition) is 1. The number of ketones is 1. The van der Waals surface area contributed by atoms with E-state index in [-0.39, 0.29) is 11.5 Å². The Bertz CT molecular complexity index is 551. The fraction of sp³-hybridized carbons (Fsp3) is 0.214. The molecule has 0 radical (unpaired) electrons. The fourth-order valence-electron chi connectivity index (χ4n) is 2.49. The minimum atomic E-state index is -0.397. The summed E-state index contributed by atoms with van der Waals surface area (Å²) in [5.41, 5.74) is 1.61. The molecule has 1 aromatic rings. The van der Waals surface area contributed by atoms with Gasteiger partial charge in [0, 0.05) is 5.56 Å². The third-order valence-corrected chi connectivity index (χ3v) is 3.36. The van der Waals surface area contributed by atoms with Crippen LogP contribution in [0.2, 0.25) is 0 Å². The lowest BCUT2D eigenvalue weighted by Crippen LogP contribution is -2.26. The lowest BCUT2D eigenvalue weighted by Gasteiger charge is -2.23. The Kier molecular flexibility index (Phi) is 1.93. The fourth-order valence-corrected chi connectivity index (χ4v) is 2.49. The first-order chi connectivity index (χ1) is 8.12. The molecular formula is C14H12O3. The van der Waals surface area contributed by atoms with Gasteiger partial charge in [-0.2, -0.15) is 0 Å². The molecule has 1 aliphatic heterocycles. The van der Waals surface area contributed by atoms with E-state index in [1.807, 2.05) is 25.1 Å². The molecule has 1 aromatic carbocycles. The van der Waals surface area contributed by atoms with Gasteiger partial charge < -0.3 is 9.84 Å². The summed E-state index contributed by atoms with van der Waals surface area (Å²) in [7, 11) is 0. The van der Waals surface area contributed by atoms with Gasteiger partial charge in [-0.1, -0.05) is 18.2 Å². The van der Waals surface area contributed by atoms with E-state index in [4.69, 9.17) is 4.74 Å². The van der Waals surface area contributed by atoms with Crippen molar-refractivity contribution in [3.63, 3.8) is 0 Å². The molecule has 3 nitrogen and oxygen atoms in total. The zero-order valence-corrected chi connectivity index (χ0v) is 9.43. The van der Waals surface area contributed by atoms with Crippen molar-refractivity contribution in [1.82, 2.24) is 0 Å². The number of aromatic hydroxyl groups is 1. The number of carbonyl (C=O) groups excluding carboxylic acids is 1. The van der Waals surface area contributed by atoms with Gasteiger partial charge in [0.05, 0.1) is 5.41 Å². The smallest absolute Gasteiger partial charge is 0.178 e. The molecule has 1 aliphatic carbocycles. The minimum Gasteiger partial charge on any atom is -0.504 e. The molecule has 0 saturated carbocycles. The Morgan fingerprint density at radius 1 is 1.29 bits per heavy atom. The Hall–Kier alpha value is -2.03. The number of phenols is 1. The molecular weight excluding hydrogens is 216 g/mol. The second kappa shape index (κ2) is 3.23. The van der Waals surface area contributed by atoms with Crippen LogP contribution in [0.25, 0.3) is 0 Å². The van der Waals surface area contributed by atoms with Crippen molar-refractivity contribution in [3.05, 3.63) is 47.6 Å². The number of hydrogen-bond acceptors (Lipinski definition) is 3. The summed E-state index contributed by atoms with van der Waals surface area (Å²) in [5, 5.41) is 9.78. The Balaban J connectivity index is 2.23. The average Bonchev–Trinajstić information content (AvgIpc) is 2.69. The zero-order valence-electron chi connectivity index (χ0n) is 9.43. The van der Waals surface area contributed by atoms with Crippen LogP contribution in [0.3, 0.4) is 0 Å². The van der Waals surface area contributed by atoms with Gasteiger partial charge in [-0.15, -0.1) is 0 Å². The highest BCUT2D eigenvalue weighted by Crippen LogP contribution is 2.48. The van der Waals surface area contributed by atoms with Crippen molar-refractivity contribution in [2.45, 2.75) is 12.3 Å².